The molecule has 0 amide bonds. The van der Waals surface area contributed by atoms with E-state index in [0.29, 0.717) is 16.5 Å². The highest BCUT2D eigenvalue weighted by molar-refractivity contribution is 6.42. The summed E-state index contributed by atoms with van der Waals surface area (Å²) in [4.78, 5) is 4.27. The van der Waals surface area contributed by atoms with Gasteiger partial charge in [0.25, 0.3) is 0 Å². The molecule has 0 aliphatic heterocycles. The third kappa shape index (κ3) is 2.29. The van der Waals surface area contributed by atoms with Crippen LogP contribution < -0.4 is 0 Å². The van der Waals surface area contributed by atoms with Gasteiger partial charge in [-0.3, -0.25) is 0 Å². The van der Waals surface area contributed by atoms with Gasteiger partial charge < -0.3 is 19.9 Å². The number of halogens is 2. The second-order valence-electron chi connectivity index (χ2n) is 5.23. The Bertz CT molecular complexity index is 656. The van der Waals surface area contributed by atoms with Gasteiger partial charge in [-0.25, -0.2) is 4.98 Å². The van der Waals surface area contributed by atoms with Crippen LogP contribution >= 0.6 is 23.2 Å². The number of hydrogen-bond acceptors (Lipinski definition) is 4. The van der Waals surface area contributed by atoms with E-state index in [1.54, 1.807) is 18.5 Å². The van der Waals surface area contributed by atoms with Gasteiger partial charge in [-0.1, -0.05) is 23.2 Å². The molecular formula is C13H14Cl2N2O3. The number of aliphatic hydroxyl groups is 3. The summed E-state index contributed by atoms with van der Waals surface area (Å²) < 4.78 is 1.90. The molecule has 5 nitrogen and oxygen atoms in total. The first-order valence-corrected chi connectivity index (χ1v) is 7.08. The van der Waals surface area contributed by atoms with Crippen molar-refractivity contribution in [1.82, 2.24) is 9.55 Å². The van der Waals surface area contributed by atoms with E-state index < -0.39 is 11.9 Å². The summed E-state index contributed by atoms with van der Waals surface area (Å²) in [7, 11) is 0. The van der Waals surface area contributed by atoms with Gasteiger partial charge in [0.05, 0.1) is 27.4 Å². The summed E-state index contributed by atoms with van der Waals surface area (Å²) in [6, 6.07) is 3.37. The lowest BCUT2D eigenvalue weighted by Gasteiger charge is -2.36. The number of imidazole rings is 1. The first kappa shape index (κ1) is 14.1. The van der Waals surface area contributed by atoms with Crippen molar-refractivity contribution in [3.05, 3.63) is 28.5 Å². The minimum Gasteiger partial charge on any atom is -0.387 e. The van der Waals surface area contributed by atoms with Gasteiger partial charge in [0, 0.05) is 12.5 Å². The molecule has 1 aromatic heterocycles. The van der Waals surface area contributed by atoms with Crippen molar-refractivity contribution in [3.8, 4) is 0 Å². The van der Waals surface area contributed by atoms with Crippen LogP contribution in [0, 0.1) is 0 Å². The van der Waals surface area contributed by atoms with Gasteiger partial charge in [0.15, 0.2) is 5.79 Å². The van der Waals surface area contributed by atoms with Crippen molar-refractivity contribution in [2.24, 2.45) is 0 Å². The molecule has 2 atom stereocenters. The maximum Gasteiger partial charge on any atom is 0.189 e. The topological polar surface area (TPSA) is 78.5 Å². The molecule has 3 rings (SSSR count). The summed E-state index contributed by atoms with van der Waals surface area (Å²) in [6.45, 7) is 0. The summed E-state index contributed by atoms with van der Waals surface area (Å²) in [6.07, 6.45) is 1.38. The van der Waals surface area contributed by atoms with E-state index in [9.17, 15) is 15.3 Å². The minimum atomic E-state index is -2.01. The SMILES string of the molecule is OC1CC(n2cnc3cc(Cl)c(Cl)cc32)CCC1(O)O. The lowest BCUT2D eigenvalue weighted by Crippen LogP contribution is -2.47. The van der Waals surface area contributed by atoms with Crippen molar-refractivity contribution in [2.45, 2.75) is 37.2 Å². The smallest absolute Gasteiger partial charge is 0.189 e. The molecule has 0 spiro atoms. The molecule has 0 bridgehead atoms. The number of benzene rings is 1. The molecule has 0 radical (unpaired) electrons. The van der Waals surface area contributed by atoms with E-state index in [1.807, 2.05) is 4.57 Å². The first-order chi connectivity index (χ1) is 9.38. The first-order valence-electron chi connectivity index (χ1n) is 6.33. The molecule has 1 aromatic carbocycles. The van der Waals surface area contributed by atoms with E-state index in [0.717, 1.165) is 11.0 Å². The van der Waals surface area contributed by atoms with Gasteiger partial charge in [0.1, 0.15) is 6.10 Å². The Morgan fingerprint density at radius 1 is 1.25 bits per heavy atom. The van der Waals surface area contributed by atoms with Crippen molar-refractivity contribution >= 4 is 34.2 Å². The van der Waals surface area contributed by atoms with E-state index in [4.69, 9.17) is 23.2 Å². The summed E-state index contributed by atoms with van der Waals surface area (Å²) in [5.74, 6) is -2.01. The molecule has 1 fully saturated rings. The second kappa shape index (κ2) is 4.86. The van der Waals surface area contributed by atoms with Crippen molar-refractivity contribution in [2.75, 3.05) is 0 Å². The van der Waals surface area contributed by atoms with Crippen LogP contribution in [0.5, 0.6) is 0 Å². The Hall–Kier alpha value is -0.850. The number of nitrogens with zero attached hydrogens (tertiary/aromatic N) is 2. The molecule has 20 heavy (non-hydrogen) atoms. The van der Waals surface area contributed by atoms with E-state index in [1.165, 1.54) is 0 Å². The van der Waals surface area contributed by atoms with E-state index in [2.05, 4.69) is 4.98 Å². The summed E-state index contributed by atoms with van der Waals surface area (Å²) >= 11 is 12.0. The highest BCUT2D eigenvalue weighted by Crippen LogP contribution is 2.36. The van der Waals surface area contributed by atoms with Gasteiger partial charge >= 0.3 is 0 Å². The normalized spacial score (nSPS) is 26.1. The fourth-order valence-corrected chi connectivity index (χ4v) is 2.99. The molecule has 108 valence electrons. The molecule has 3 N–H and O–H groups in total. The zero-order valence-electron chi connectivity index (χ0n) is 10.5. The highest BCUT2D eigenvalue weighted by Gasteiger charge is 2.40. The number of aliphatic hydroxyl groups excluding tert-OH is 1. The largest absolute Gasteiger partial charge is 0.387 e. The Labute approximate surface area is 125 Å². The van der Waals surface area contributed by atoms with Crippen LogP contribution in [0.4, 0.5) is 0 Å². The summed E-state index contributed by atoms with van der Waals surface area (Å²) in [5, 5.41) is 29.9. The maximum atomic E-state index is 9.80. The van der Waals surface area contributed by atoms with Crippen LogP contribution in [-0.2, 0) is 0 Å². The van der Waals surface area contributed by atoms with Crippen LogP contribution in [0.1, 0.15) is 25.3 Å². The van der Waals surface area contributed by atoms with Gasteiger partial charge in [-0.05, 0) is 25.0 Å². The Morgan fingerprint density at radius 3 is 2.65 bits per heavy atom. The minimum absolute atomic E-state index is 0.0559. The quantitative estimate of drug-likeness (QED) is 0.704. The van der Waals surface area contributed by atoms with Gasteiger partial charge in [-0.2, -0.15) is 0 Å². The van der Waals surface area contributed by atoms with Crippen LogP contribution in [0.3, 0.4) is 0 Å². The standard InChI is InChI=1S/C13H14Cl2N2O3/c14-8-4-10-11(5-9(8)15)17(6-16-10)7-1-2-13(19,20)12(18)3-7/h4-7,12,18-20H,1-3H2. The molecule has 0 saturated heterocycles. The van der Waals surface area contributed by atoms with Gasteiger partial charge in [0.2, 0.25) is 0 Å². The van der Waals surface area contributed by atoms with Crippen LogP contribution in [0.25, 0.3) is 11.0 Å². The van der Waals surface area contributed by atoms with Crippen LogP contribution in [-0.4, -0.2) is 36.8 Å². The average Bonchev–Trinajstić information content (AvgIpc) is 2.76. The van der Waals surface area contributed by atoms with Crippen LogP contribution in [0.2, 0.25) is 10.0 Å². The lowest BCUT2D eigenvalue weighted by atomic mass is 9.87. The monoisotopic (exact) mass is 316 g/mol. The summed E-state index contributed by atoms with van der Waals surface area (Å²) in [5.41, 5.74) is 1.54. The zero-order valence-corrected chi connectivity index (χ0v) is 12.0. The van der Waals surface area contributed by atoms with E-state index >= 15 is 0 Å². The molecule has 2 aromatic rings. The molecular weight excluding hydrogens is 303 g/mol. The zero-order chi connectivity index (χ0) is 14.5. The number of rotatable bonds is 1. The number of fused-ring (bicyclic) bond motifs is 1. The molecule has 1 aliphatic carbocycles. The third-order valence-electron chi connectivity index (χ3n) is 3.88. The fraction of sp³-hybridized carbons (Fsp3) is 0.462. The predicted octanol–water partition coefficient (Wildman–Crippen LogP) is 2.11. The molecule has 1 aliphatic rings. The predicted molar refractivity (Wildman–Crippen MR) is 75.8 cm³/mol. The highest BCUT2D eigenvalue weighted by atomic mass is 35.5. The lowest BCUT2D eigenvalue weighted by molar-refractivity contribution is -0.245. The van der Waals surface area contributed by atoms with Crippen molar-refractivity contribution in [1.29, 1.82) is 0 Å². The maximum absolute atomic E-state index is 9.80. The fourth-order valence-electron chi connectivity index (χ4n) is 2.68. The van der Waals surface area contributed by atoms with Gasteiger partial charge in [-0.15, -0.1) is 0 Å². The molecule has 1 heterocycles. The van der Waals surface area contributed by atoms with E-state index in [-0.39, 0.29) is 18.9 Å². The average molecular weight is 317 g/mol. The van der Waals surface area contributed by atoms with Crippen LogP contribution in [0.15, 0.2) is 18.5 Å². The van der Waals surface area contributed by atoms with Crippen molar-refractivity contribution in [3.63, 3.8) is 0 Å². The number of hydrogen-bond donors (Lipinski definition) is 3. The second-order valence-corrected chi connectivity index (χ2v) is 6.04. The number of aromatic nitrogens is 2. The van der Waals surface area contributed by atoms with Crippen molar-refractivity contribution < 1.29 is 15.3 Å². The Morgan fingerprint density at radius 2 is 1.95 bits per heavy atom. The molecule has 7 heteroatoms. The third-order valence-corrected chi connectivity index (χ3v) is 4.61. The Kier molecular flexibility index (Phi) is 3.43. The molecule has 2 unspecified atom stereocenters. The molecule has 1 saturated carbocycles. The Balaban J connectivity index is 1.97.